The molecule has 0 fully saturated rings. The zero-order valence-corrected chi connectivity index (χ0v) is 10.3. The normalized spacial score (nSPS) is 9.74. The lowest BCUT2D eigenvalue weighted by molar-refractivity contribution is -0.384. The van der Waals surface area contributed by atoms with Crippen LogP contribution in [0.4, 0.5) is 5.69 Å². The first-order valence-electron chi connectivity index (χ1n) is 5.33. The number of nitrogens with zero attached hydrogens (tertiary/aromatic N) is 2. The van der Waals surface area contributed by atoms with E-state index in [0.717, 1.165) is 12.1 Å². The molecule has 100 valence electrons. The number of likely N-dealkylation sites (N-methyl/N-ethyl adjacent to an activating group) is 1. The molecule has 19 heavy (non-hydrogen) atoms. The Labute approximate surface area is 109 Å². The summed E-state index contributed by atoms with van der Waals surface area (Å²) < 4.78 is 0. The van der Waals surface area contributed by atoms with Crippen LogP contribution in [0.3, 0.4) is 0 Å². The van der Waals surface area contributed by atoms with E-state index < -0.39 is 16.7 Å². The van der Waals surface area contributed by atoms with Crippen molar-refractivity contribution in [2.24, 2.45) is 5.73 Å². The molecule has 7 heteroatoms. The number of non-ortho nitro benzene ring substituents is 1. The van der Waals surface area contributed by atoms with Gasteiger partial charge in [-0.3, -0.25) is 19.7 Å². The number of carbonyl (C=O) groups is 2. The lowest BCUT2D eigenvalue weighted by Gasteiger charge is -2.16. The van der Waals surface area contributed by atoms with Gasteiger partial charge in [0, 0.05) is 25.7 Å². The van der Waals surface area contributed by atoms with Crippen LogP contribution in [0.1, 0.15) is 20.7 Å². The Morgan fingerprint density at radius 2 is 2.11 bits per heavy atom. The molecule has 0 saturated heterocycles. The summed E-state index contributed by atoms with van der Waals surface area (Å²) in [6, 6.07) is 3.35. The molecule has 7 nitrogen and oxygen atoms in total. The zero-order chi connectivity index (χ0) is 14.6. The van der Waals surface area contributed by atoms with Gasteiger partial charge in [-0.05, 0) is 6.07 Å². The fourth-order valence-corrected chi connectivity index (χ4v) is 1.52. The average Bonchev–Trinajstić information content (AvgIpc) is 2.37. The Morgan fingerprint density at radius 3 is 2.58 bits per heavy atom. The van der Waals surface area contributed by atoms with Crippen molar-refractivity contribution in [2.75, 3.05) is 13.6 Å². The van der Waals surface area contributed by atoms with Crippen LogP contribution in [0.25, 0.3) is 0 Å². The number of nitro benzene ring substituents is 1. The molecular weight excluding hydrogens is 250 g/mol. The Bertz CT molecular complexity index is 554. The number of hydrogen-bond donors (Lipinski definition) is 1. The second-order valence-electron chi connectivity index (χ2n) is 3.83. The minimum absolute atomic E-state index is 0.0495. The summed E-state index contributed by atoms with van der Waals surface area (Å²) in [5, 5.41) is 10.7. The fourth-order valence-electron chi connectivity index (χ4n) is 1.52. The lowest BCUT2D eigenvalue weighted by atomic mass is 10.0. The van der Waals surface area contributed by atoms with Crippen LogP contribution < -0.4 is 5.73 Å². The predicted octanol–water partition coefficient (Wildman–Crippen LogP) is 0.952. The van der Waals surface area contributed by atoms with Gasteiger partial charge >= 0.3 is 0 Å². The summed E-state index contributed by atoms with van der Waals surface area (Å²) in [6.07, 6.45) is 1.50. The fraction of sp³-hybridized carbons (Fsp3) is 0.167. The van der Waals surface area contributed by atoms with Crippen molar-refractivity contribution in [3.05, 3.63) is 52.1 Å². The first-order chi connectivity index (χ1) is 8.88. The molecule has 0 aliphatic heterocycles. The molecule has 1 aromatic carbocycles. The van der Waals surface area contributed by atoms with Crippen LogP contribution in [0, 0.1) is 10.1 Å². The first kappa shape index (κ1) is 14.4. The molecule has 0 atom stereocenters. The lowest BCUT2D eigenvalue weighted by Crippen LogP contribution is -2.29. The van der Waals surface area contributed by atoms with E-state index in [1.807, 2.05) is 0 Å². The summed E-state index contributed by atoms with van der Waals surface area (Å²) in [5.41, 5.74) is 4.73. The Balaban J connectivity index is 3.32. The second-order valence-corrected chi connectivity index (χ2v) is 3.83. The van der Waals surface area contributed by atoms with Crippen molar-refractivity contribution >= 4 is 17.5 Å². The highest BCUT2D eigenvalue weighted by Gasteiger charge is 2.21. The number of nitrogens with two attached hydrogens (primary N) is 1. The molecule has 0 radical (unpaired) electrons. The SMILES string of the molecule is C=CCN(C)C(=O)c1cc([N+](=O)[O-])ccc1C(N)=O. The number of amides is 2. The Kier molecular flexibility index (Phi) is 4.36. The molecule has 0 unspecified atom stereocenters. The number of carbonyl (C=O) groups excluding carboxylic acids is 2. The number of rotatable bonds is 5. The summed E-state index contributed by atoms with van der Waals surface area (Å²) in [4.78, 5) is 34.7. The van der Waals surface area contributed by atoms with Gasteiger partial charge in [0.25, 0.3) is 11.6 Å². The predicted molar refractivity (Wildman–Crippen MR) is 68.8 cm³/mol. The smallest absolute Gasteiger partial charge is 0.270 e. The number of hydrogen-bond acceptors (Lipinski definition) is 4. The molecule has 0 aliphatic carbocycles. The largest absolute Gasteiger partial charge is 0.366 e. The summed E-state index contributed by atoms with van der Waals surface area (Å²) in [5.74, 6) is -1.34. The van der Waals surface area contributed by atoms with Gasteiger partial charge in [0.1, 0.15) is 0 Å². The maximum Gasteiger partial charge on any atom is 0.270 e. The van der Waals surface area contributed by atoms with Gasteiger partial charge in [-0.2, -0.15) is 0 Å². The van der Waals surface area contributed by atoms with Crippen LogP contribution in [-0.2, 0) is 0 Å². The molecule has 2 N–H and O–H groups in total. The maximum atomic E-state index is 12.1. The van der Waals surface area contributed by atoms with Crippen molar-refractivity contribution in [1.29, 1.82) is 0 Å². The van der Waals surface area contributed by atoms with Crippen LogP contribution >= 0.6 is 0 Å². The monoisotopic (exact) mass is 263 g/mol. The van der Waals surface area contributed by atoms with Crippen LogP contribution in [-0.4, -0.2) is 35.2 Å². The third-order valence-corrected chi connectivity index (χ3v) is 2.46. The molecule has 2 amide bonds. The van der Waals surface area contributed by atoms with Gasteiger partial charge in [0.05, 0.1) is 16.1 Å². The van der Waals surface area contributed by atoms with Crippen molar-refractivity contribution in [1.82, 2.24) is 4.90 Å². The summed E-state index contributed by atoms with van der Waals surface area (Å²) in [6.45, 7) is 3.74. The van der Waals surface area contributed by atoms with E-state index >= 15 is 0 Å². The summed E-state index contributed by atoms with van der Waals surface area (Å²) in [7, 11) is 1.49. The highest BCUT2D eigenvalue weighted by atomic mass is 16.6. The summed E-state index contributed by atoms with van der Waals surface area (Å²) >= 11 is 0. The quantitative estimate of drug-likeness (QED) is 0.484. The number of nitro groups is 1. The van der Waals surface area contributed by atoms with E-state index in [9.17, 15) is 19.7 Å². The van der Waals surface area contributed by atoms with Crippen LogP contribution in [0.5, 0.6) is 0 Å². The van der Waals surface area contributed by atoms with E-state index in [0.29, 0.717) is 0 Å². The van der Waals surface area contributed by atoms with Gasteiger partial charge in [-0.15, -0.1) is 6.58 Å². The van der Waals surface area contributed by atoms with Crippen molar-refractivity contribution in [3.63, 3.8) is 0 Å². The number of benzene rings is 1. The third-order valence-electron chi connectivity index (χ3n) is 2.46. The minimum Gasteiger partial charge on any atom is -0.366 e. The maximum absolute atomic E-state index is 12.1. The molecule has 1 aromatic rings. The highest BCUT2D eigenvalue weighted by Crippen LogP contribution is 2.19. The van der Waals surface area contributed by atoms with Gasteiger partial charge in [-0.25, -0.2) is 0 Å². The molecule has 0 bridgehead atoms. The van der Waals surface area contributed by atoms with Gasteiger partial charge in [-0.1, -0.05) is 6.08 Å². The van der Waals surface area contributed by atoms with E-state index in [1.54, 1.807) is 0 Å². The molecule has 0 aromatic heterocycles. The van der Waals surface area contributed by atoms with E-state index in [-0.39, 0.29) is 23.4 Å². The van der Waals surface area contributed by atoms with Crippen molar-refractivity contribution in [2.45, 2.75) is 0 Å². The van der Waals surface area contributed by atoms with E-state index in [4.69, 9.17) is 5.73 Å². The van der Waals surface area contributed by atoms with Gasteiger partial charge in [0.15, 0.2) is 0 Å². The minimum atomic E-state index is -0.815. The van der Waals surface area contributed by atoms with Crippen molar-refractivity contribution < 1.29 is 14.5 Å². The zero-order valence-electron chi connectivity index (χ0n) is 10.3. The topological polar surface area (TPSA) is 107 Å². The van der Waals surface area contributed by atoms with Gasteiger partial charge < -0.3 is 10.6 Å². The molecule has 0 heterocycles. The highest BCUT2D eigenvalue weighted by molar-refractivity contribution is 6.07. The van der Waals surface area contributed by atoms with Gasteiger partial charge in [0.2, 0.25) is 5.91 Å². The Hall–Kier alpha value is -2.70. The first-order valence-corrected chi connectivity index (χ1v) is 5.33. The Morgan fingerprint density at radius 1 is 1.47 bits per heavy atom. The number of primary amides is 1. The average molecular weight is 263 g/mol. The molecule has 0 spiro atoms. The standard InChI is InChI=1S/C12H13N3O4/c1-3-6-14(2)12(17)10-7-8(15(18)19)4-5-9(10)11(13)16/h3-5,7H,1,6H2,2H3,(H2,13,16). The van der Waals surface area contributed by atoms with Crippen LogP contribution in [0.2, 0.25) is 0 Å². The van der Waals surface area contributed by atoms with E-state index in [2.05, 4.69) is 6.58 Å². The van der Waals surface area contributed by atoms with Crippen LogP contribution in [0.15, 0.2) is 30.9 Å². The van der Waals surface area contributed by atoms with E-state index in [1.165, 1.54) is 24.1 Å². The second kappa shape index (κ2) is 5.76. The van der Waals surface area contributed by atoms with Crippen molar-refractivity contribution in [3.8, 4) is 0 Å². The molecular formula is C12H13N3O4. The molecule has 1 rings (SSSR count). The molecule has 0 saturated carbocycles. The molecule has 0 aliphatic rings. The third kappa shape index (κ3) is 3.15.